The molecule has 1 nitrogen and oxygen atoms in total. The zero-order valence-electron chi connectivity index (χ0n) is 8.87. The summed E-state index contributed by atoms with van der Waals surface area (Å²) in [6.07, 6.45) is 7.29. The minimum Gasteiger partial charge on any atom is -0.382 e. The van der Waals surface area contributed by atoms with Gasteiger partial charge in [-0.2, -0.15) is 0 Å². The van der Waals surface area contributed by atoms with Crippen LogP contribution < -0.4 is 5.32 Å². The lowest BCUT2D eigenvalue weighted by atomic mass is 9.86. The molecule has 1 unspecified atom stereocenters. The summed E-state index contributed by atoms with van der Waals surface area (Å²) in [7, 11) is 0. The summed E-state index contributed by atoms with van der Waals surface area (Å²) in [5.41, 5.74) is 1.37. The van der Waals surface area contributed by atoms with Crippen LogP contribution in [-0.2, 0) is 0 Å². The SMILES string of the molecule is c1scc2c1NCC(C1CCCCC1)S2. The molecule has 3 rings (SSSR count). The van der Waals surface area contributed by atoms with Crippen molar-refractivity contribution in [1.82, 2.24) is 0 Å². The maximum Gasteiger partial charge on any atom is 0.0587 e. The Morgan fingerprint density at radius 2 is 2.00 bits per heavy atom. The van der Waals surface area contributed by atoms with E-state index in [1.807, 2.05) is 11.3 Å². The molecule has 0 bridgehead atoms. The van der Waals surface area contributed by atoms with E-state index < -0.39 is 0 Å². The van der Waals surface area contributed by atoms with Crippen molar-refractivity contribution in [2.24, 2.45) is 5.92 Å². The summed E-state index contributed by atoms with van der Waals surface area (Å²) < 4.78 is 0. The topological polar surface area (TPSA) is 12.0 Å². The first-order valence-corrected chi connectivity index (χ1v) is 7.72. The van der Waals surface area contributed by atoms with Gasteiger partial charge in [0.25, 0.3) is 0 Å². The van der Waals surface area contributed by atoms with E-state index >= 15 is 0 Å². The van der Waals surface area contributed by atoms with Crippen molar-refractivity contribution in [2.75, 3.05) is 11.9 Å². The predicted octanol–water partition coefficient (Wildman–Crippen LogP) is 4.21. The molecule has 2 aliphatic rings. The number of hydrogen-bond acceptors (Lipinski definition) is 3. The van der Waals surface area contributed by atoms with E-state index in [4.69, 9.17) is 0 Å². The first kappa shape index (κ1) is 10.0. The second-order valence-electron chi connectivity index (χ2n) is 4.59. The molecular formula is C12H17NS2. The largest absolute Gasteiger partial charge is 0.382 e. The number of thiophene rings is 1. The standard InChI is InChI=1S/C12H17NS2/c1-2-4-9(5-3-1)11-6-13-10-7-14-8-12(10)15-11/h7-9,11,13H,1-6H2. The van der Waals surface area contributed by atoms with Crippen molar-refractivity contribution in [3.8, 4) is 0 Å². The van der Waals surface area contributed by atoms with E-state index in [1.165, 1.54) is 49.2 Å². The van der Waals surface area contributed by atoms with E-state index in [-0.39, 0.29) is 0 Å². The van der Waals surface area contributed by atoms with E-state index in [0.29, 0.717) is 0 Å². The number of hydrogen-bond donors (Lipinski definition) is 1. The van der Waals surface area contributed by atoms with Gasteiger partial charge in [0.05, 0.1) is 5.69 Å². The highest BCUT2D eigenvalue weighted by Crippen LogP contribution is 2.43. The van der Waals surface area contributed by atoms with Crippen LogP contribution >= 0.6 is 23.1 Å². The predicted molar refractivity (Wildman–Crippen MR) is 69.0 cm³/mol. The van der Waals surface area contributed by atoms with E-state index in [1.54, 1.807) is 0 Å². The maximum atomic E-state index is 3.58. The molecule has 1 aromatic rings. The molecule has 0 aromatic carbocycles. The Morgan fingerprint density at radius 1 is 1.13 bits per heavy atom. The van der Waals surface area contributed by atoms with Gasteiger partial charge in [-0.1, -0.05) is 19.3 Å². The Balaban J connectivity index is 1.69. The zero-order chi connectivity index (χ0) is 10.1. The Labute approximate surface area is 99.7 Å². The molecule has 15 heavy (non-hydrogen) atoms. The molecule has 1 atom stereocenters. The number of rotatable bonds is 1. The maximum absolute atomic E-state index is 3.58. The summed E-state index contributed by atoms with van der Waals surface area (Å²) in [6, 6.07) is 0. The molecule has 1 N–H and O–H groups in total. The molecule has 0 spiro atoms. The Bertz CT molecular complexity index is 328. The smallest absolute Gasteiger partial charge is 0.0587 e. The second-order valence-corrected chi connectivity index (χ2v) is 6.61. The van der Waals surface area contributed by atoms with Crippen molar-refractivity contribution in [1.29, 1.82) is 0 Å². The fourth-order valence-corrected chi connectivity index (χ4v) is 5.03. The van der Waals surface area contributed by atoms with Crippen LogP contribution in [0.3, 0.4) is 0 Å². The molecule has 3 heteroatoms. The van der Waals surface area contributed by atoms with Crippen molar-refractivity contribution in [3.63, 3.8) is 0 Å². The van der Waals surface area contributed by atoms with Gasteiger partial charge in [0, 0.05) is 27.5 Å². The monoisotopic (exact) mass is 239 g/mol. The number of nitrogens with one attached hydrogen (secondary N) is 1. The van der Waals surface area contributed by atoms with Crippen LogP contribution in [0.4, 0.5) is 5.69 Å². The molecule has 1 aliphatic heterocycles. The normalized spacial score (nSPS) is 27.1. The van der Waals surface area contributed by atoms with Crippen LogP contribution in [0.1, 0.15) is 32.1 Å². The summed E-state index contributed by atoms with van der Waals surface area (Å²) in [5.74, 6) is 0.962. The van der Waals surface area contributed by atoms with Gasteiger partial charge in [0.1, 0.15) is 0 Å². The molecule has 82 valence electrons. The van der Waals surface area contributed by atoms with Crippen LogP contribution in [0.5, 0.6) is 0 Å². The molecule has 1 saturated carbocycles. The first-order chi connectivity index (χ1) is 7.43. The lowest BCUT2D eigenvalue weighted by molar-refractivity contribution is 0.352. The van der Waals surface area contributed by atoms with Gasteiger partial charge in [0.2, 0.25) is 0 Å². The lowest BCUT2D eigenvalue weighted by Crippen LogP contribution is -2.29. The van der Waals surface area contributed by atoms with Gasteiger partial charge in [-0.3, -0.25) is 0 Å². The van der Waals surface area contributed by atoms with E-state index in [9.17, 15) is 0 Å². The number of anilines is 1. The Morgan fingerprint density at radius 3 is 2.87 bits per heavy atom. The highest BCUT2D eigenvalue weighted by atomic mass is 32.2. The zero-order valence-corrected chi connectivity index (χ0v) is 10.5. The molecule has 2 heterocycles. The number of fused-ring (bicyclic) bond motifs is 1. The van der Waals surface area contributed by atoms with Gasteiger partial charge >= 0.3 is 0 Å². The van der Waals surface area contributed by atoms with Crippen LogP contribution in [0, 0.1) is 5.92 Å². The third kappa shape index (κ3) is 2.04. The Kier molecular flexibility index (Phi) is 2.93. The highest BCUT2D eigenvalue weighted by Gasteiger charge is 2.28. The van der Waals surface area contributed by atoms with Crippen LogP contribution in [0.2, 0.25) is 0 Å². The van der Waals surface area contributed by atoms with Crippen molar-refractivity contribution < 1.29 is 0 Å². The molecule has 1 aromatic heterocycles. The van der Waals surface area contributed by atoms with Gasteiger partial charge in [-0.05, 0) is 18.8 Å². The third-order valence-electron chi connectivity index (χ3n) is 3.57. The van der Waals surface area contributed by atoms with Crippen LogP contribution in [0.25, 0.3) is 0 Å². The highest BCUT2D eigenvalue weighted by molar-refractivity contribution is 8.00. The van der Waals surface area contributed by atoms with E-state index in [2.05, 4.69) is 27.8 Å². The molecule has 0 radical (unpaired) electrons. The average molecular weight is 239 g/mol. The summed E-state index contributed by atoms with van der Waals surface area (Å²) in [4.78, 5) is 1.49. The molecule has 0 amide bonds. The second kappa shape index (κ2) is 4.38. The van der Waals surface area contributed by atoms with Gasteiger partial charge in [-0.15, -0.1) is 23.1 Å². The van der Waals surface area contributed by atoms with Crippen LogP contribution in [-0.4, -0.2) is 11.8 Å². The first-order valence-electron chi connectivity index (χ1n) is 5.90. The van der Waals surface area contributed by atoms with Crippen molar-refractivity contribution in [2.45, 2.75) is 42.2 Å². The summed E-state index contributed by atoms with van der Waals surface area (Å²) in [5, 5.41) is 8.94. The lowest BCUT2D eigenvalue weighted by Gasteiger charge is -2.32. The molecule has 1 fully saturated rings. The minimum absolute atomic E-state index is 0.826. The molecular weight excluding hydrogens is 222 g/mol. The quantitative estimate of drug-likeness (QED) is 0.787. The summed E-state index contributed by atoms with van der Waals surface area (Å²) in [6.45, 7) is 1.18. The fourth-order valence-electron chi connectivity index (χ4n) is 2.69. The van der Waals surface area contributed by atoms with Gasteiger partial charge in [0.15, 0.2) is 0 Å². The van der Waals surface area contributed by atoms with Crippen molar-refractivity contribution in [3.05, 3.63) is 10.8 Å². The minimum atomic E-state index is 0.826. The third-order valence-corrected chi connectivity index (χ3v) is 5.91. The van der Waals surface area contributed by atoms with Gasteiger partial charge in [-0.25, -0.2) is 0 Å². The Hall–Kier alpha value is -0.150. The van der Waals surface area contributed by atoms with E-state index in [0.717, 1.165) is 11.2 Å². The molecule has 0 saturated heterocycles. The number of thioether (sulfide) groups is 1. The average Bonchev–Trinajstić information content (AvgIpc) is 2.77. The molecule has 1 aliphatic carbocycles. The fraction of sp³-hybridized carbons (Fsp3) is 0.667. The summed E-state index contributed by atoms with van der Waals surface area (Å²) >= 11 is 3.94. The van der Waals surface area contributed by atoms with Crippen molar-refractivity contribution >= 4 is 28.8 Å². The van der Waals surface area contributed by atoms with Gasteiger partial charge < -0.3 is 5.32 Å². The van der Waals surface area contributed by atoms with Crippen LogP contribution in [0.15, 0.2) is 15.7 Å².